The van der Waals surface area contributed by atoms with Gasteiger partial charge in [-0.1, -0.05) is 19.9 Å². The summed E-state index contributed by atoms with van der Waals surface area (Å²) in [7, 11) is 0. The highest BCUT2D eigenvalue weighted by Crippen LogP contribution is 2.21. The molecule has 11 heavy (non-hydrogen) atoms. The Morgan fingerprint density at radius 2 is 2.18 bits per heavy atom. The van der Waals surface area contributed by atoms with Crippen molar-refractivity contribution in [1.29, 1.82) is 0 Å². The highest BCUT2D eigenvalue weighted by atomic mass is 15.0. The quantitative estimate of drug-likeness (QED) is 0.567. The summed E-state index contributed by atoms with van der Waals surface area (Å²) in [6, 6.07) is 0. The van der Waals surface area contributed by atoms with E-state index in [2.05, 4.69) is 4.99 Å². The van der Waals surface area contributed by atoms with Gasteiger partial charge in [-0.05, 0) is 12.0 Å². The van der Waals surface area contributed by atoms with E-state index in [9.17, 15) is 0 Å². The van der Waals surface area contributed by atoms with Gasteiger partial charge in [-0.3, -0.25) is 4.99 Å². The Hall–Kier alpha value is -0.670. The van der Waals surface area contributed by atoms with Crippen LogP contribution in [-0.2, 0) is 0 Å². The smallest absolute Gasteiger partial charge is 0.119 e. The van der Waals surface area contributed by atoms with E-state index in [4.69, 9.17) is 11.5 Å². The standard InChI is InChI=1S/C8H15N3/c1-6(2)8(10)4-3-5-11-7(8)9/h3-7H,9-10H2,1-2H3. The van der Waals surface area contributed by atoms with Gasteiger partial charge in [0.25, 0.3) is 0 Å². The molecular weight excluding hydrogens is 138 g/mol. The number of hydrogen-bond donors (Lipinski definition) is 2. The Morgan fingerprint density at radius 3 is 2.55 bits per heavy atom. The van der Waals surface area contributed by atoms with E-state index < -0.39 is 5.54 Å². The number of rotatable bonds is 1. The first kappa shape index (κ1) is 8.43. The molecule has 0 spiro atoms. The summed E-state index contributed by atoms with van der Waals surface area (Å²) in [4.78, 5) is 4.05. The van der Waals surface area contributed by atoms with Gasteiger partial charge in [0.2, 0.25) is 0 Å². The molecule has 3 nitrogen and oxygen atoms in total. The third-order valence-electron chi connectivity index (χ3n) is 2.23. The highest BCUT2D eigenvalue weighted by molar-refractivity contribution is 5.73. The van der Waals surface area contributed by atoms with Gasteiger partial charge in [-0.25, -0.2) is 0 Å². The lowest BCUT2D eigenvalue weighted by atomic mass is 9.83. The van der Waals surface area contributed by atoms with Gasteiger partial charge >= 0.3 is 0 Å². The molecule has 4 N–H and O–H groups in total. The Labute approximate surface area is 67.2 Å². The molecule has 0 amide bonds. The second-order valence-corrected chi connectivity index (χ2v) is 3.26. The molecule has 1 aliphatic heterocycles. The van der Waals surface area contributed by atoms with Gasteiger partial charge in [0, 0.05) is 6.21 Å². The normalized spacial score (nSPS) is 36.6. The zero-order chi connectivity index (χ0) is 8.48. The fourth-order valence-electron chi connectivity index (χ4n) is 1.11. The van der Waals surface area contributed by atoms with Crippen LogP contribution in [0.2, 0.25) is 0 Å². The maximum absolute atomic E-state index is 6.02. The molecular formula is C8H15N3. The van der Waals surface area contributed by atoms with Crippen LogP contribution in [0.3, 0.4) is 0 Å². The largest absolute Gasteiger partial charge is 0.319 e. The lowest BCUT2D eigenvalue weighted by Crippen LogP contribution is -2.57. The summed E-state index contributed by atoms with van der Waals surface area (Å²) in [6.07, 6.45) is 5.17. The summed E-state index contributed by atoms with van der Waals surface area (Å²) in [5.74, 6) is 0.311. The summed E-state index contributed by atoms with van der Waals surface area (Å²) >= 11 is 0. The van der Waals surface area contributed by atoms with Crippen molar-refractivity contribution in [3.8, 4) is 0 Å². The van der Waals surface area contributed by atoms with E-state index in [0.29, 0.717) is 5.92 Å². The number of nitrogens with two attached hydrogens (primary N) is 2. The van der Waals surface area contributed by atoms with Crippen LogP contribution in [0.1, 0.15) is 13.8 Å². The van der Waals surface area contributed by atoms with Crippen LogP contribution in [0.25, 0.3) is 0 Å². The first-order chi connectivity index (χ1) is 5.07. The van der Waals surface area contributed by atoms with E-state index in [1.807, 2.05) is 26.0 Å². The van der Waals surface area contributed by atoms with Gasteiger partial charge in [0.05, 0.1) is 5.54 Å². The lowest BCUT2D eigenvalue weighted by molar-refractivity contribution is 0.323. The highest BCUT2D eigenvalue weighted by Gasteiger charge is 2.33. The molecule has 2 atom stereocenters. The summed E-state index contributed by atoms with van der Waals surface area (Å²) in [5.41, 5.74) is 11.3. The van der Waals surface area contributed by atoms with Crippen molar-refractivity contribution in [2.24, 2.45) is 22.4 Å². The third kappa shape index (κ3) is 1.34. The van der Waals surface area contributed by atoms with Crippen molar-refractivity contribution in [3.05, 3.63) is 12.2 Å². The minimum Gasteiger partial charge on any atom is -0.319 e. The van der Waals surface area contributed by atoms with Crippen LogP contribution in [0.15, 0.2) is 17.1 Å². The van der Waals surface area contributed by atoms with Crippen LogP contribution in [-0.4, -0.2) is 17.9 Å². The van der Waals surface area contributed by atoms with Crippen molar-refractivity contribution in [2.45, 2.75) is 25.6 Å². The first-order valence-corrected chi connectivity index (χ1v) is 3.83. The lowest BCUT2D eigenvalue weighted by Gasteiger charge is -2.35. The number of hydrogen-bond acceptors (Lipinski definition) is 3. The Bertz CT molecular complexity index is 196. The van der Waals surface area contributed by atoms with Gasteiger partial charge in [0.1, 0.15) is 6.17 Å². The van der Waals surface area contributed by atoms with E-state index in [1.54, 1.807) is 6.21 Å². The summed E-state index contributed by atoms with van der Waals surface area (Å²) < 4.78 is 0. The zero-order valence-electron chi connectivity index (χ0n) is 6.99. The molecule has 0 saturated carbocycles. The van der Waals surface area contributed by atoms with Crippen LogP contribution in [0.5, 0.6) is 0 Å². The van der Waals surface area contributed by atoms with Crippen LogP contribution in [0.4, 0.5) is 0 Å². The fraction of sp³-hybridized carbons (Fsp3) is 0.625. The summed E-state index contributed by atoms with van der Waals surface area (Å²) in [6.45, 7) is 4.09. The molecule has 62 valence electrons. The van der Waals surface area contributed by atoms with Gasteiger partial charge < -0.3 is 11.5 Å². The molecule has 0 saturated heterocycles. The molecule has 0 aromatic heterocycles. The molecule has 3 heteroatoms. The van der Waals surface area contributed by atoms with Crippen LogP contribution >= 0.6 is 0 Å². The molecule has 1 rings (SSSR count). The van der Waals surface area contributed by atoms with Gasteiger partial charge in [-0.2, -0.15) is 0 Å². The molecule has 0 aromatic carbocycles. The minimum atomic E-state index is -0.464. The predicted molar refractivity (Wildman–Crippen MR) is 47.4 cm³/mol. The average Bonchev–Trinajstić information content (AvgIpc) is 1.95. The maximum Gasteiger partial charge on any atom is 0.119 e. The van der Waals surface area contributed by atoms with Crippen molar-refractivity contribution >= 4 is 6.21 Å². The van der Waals surface area contributed by atoms with Crippen LogP contribution < -0.4 is 11.5 Å². The predicted octanol–water partition coefficient (Wildman–Crippen LogP) is 0.265. The second kappa shape index (κ2) is 2.75. The summed E-state index contributed by atoms with van der Waals surface area (Å²) in [5, 5.41) is 0. The topological polar surface area (TPSA) is 64.4 Å². The van der Waals surface area contributed by atoms with Crippen molar-refractivity contribution in [3.63, 3.8) is 0 Å². The number of dihydropyridines is 1. The molecule has 2 unspecified atom stereocenters. The molecule has 1 heterocycles. The number of aliphatic imine (C=N–C) groups is 1. The molecule has 0 radical (unpaired) electrons. The van der Waals surface area contributed by atoms with Crippen molar-refractivity contribution in [1.82, 2.24) is 0 Å². The SMILES string of the molecule is CC(C)C1(N)C=CC=NC1N. The molecule has 0 aliphatic carbocycles. The Balaban J connectivity index is 2.85. The molecule has 0 bridgehead atoms. The fourth-order valence-corrected chi connectivity index (χ4v) is 1.11. The van der Waals surface area contributed by atoms with E-state index in [1.165, 1.54) is 0 Å². The maximum atomic E-state index is 6.02. The van der Waals surface area contributed by atoms with Gasteiger partial charge in [0.15, 0.2) is 0 Å². The average molecular weight is 153 g/mol. The number of allylic oxidation sites excluding steroid dienone is 1. The third-order valence-corrected chi connectivity index (χ3v) is 2.23. The van der Waals surface area contributed by atoms with Crippen molar-refractivity contribution in [2.75, 3.05) is 0 Å². The second-order valence-electron chi connectivity index (χ2n) is 3.26. The van der Waals surface area contributed by atoms with Gasteiger partial charge in [-0.15, -0.1) is 0 Å². The van der Waals surface area contributed by atoms with Crippen LogP contribution in [0, 0.1) is 5.92 Å². The van der Waals surface area contributed by atoms with Crippen molar-refractivity contribution < 1.29 is 0 Å². The zero-order valence-corrected chi connectivity index (χ0v) is 6.99. The number of nitrogens with zero attached hydrogens (tertiary/aromatic N) is 1. The van der Waals surface area contributed by atoms with E-state index in [0.717, 1.165) is 0 Å². The molecule has 0 fully saturated rings. The Morgan fingerprint density at radius 1 is 1.55 bits per heavy atom. The van der Waals surface area contributed by atoms with E-state index >= 15 is 0 Å². The molecule has 0 aromatic rings. The monoisotopic (exact) mass is 153 g/mol. The first-order valence-electron chi connectivity index (χ1n) is 3.83. The molecule has 1 aliphatic rings. The Kier molecular flexibility index (Phi) is 2.11. The minimum absolute atomic E-state index is 0.299. The van der Waals surface area contributed by atoms with E-state index in [-0.39, 0.29) is 6.17 Å².